The van der Waals surface area contributed by atoms with Crippen LogP contribution in [0.5, 0.6) is 0 Å². The fourth-order valence-electron chi connectivity index (χ4n) is 2.07. The Balaban J connectivity index is 2.22. The van der Waals surface area contributed by atoms with Gasteiger partial charge in [0.15, 0.2) is 0 Å². The third-order valence-electron chi connectivity index (χ3n) is 3.18. The minimum atomic E-state index is 0.277. The third kappa shape index (κ3) is 3.55. The average molecular weight is 275 g/mol. The first-order valence-corrected chi connectivity index (χ1v) is 7.03. The Morgan fingerprint density at radius 3 is 2.53 bits per heavy atom. The number of nitrogens with zero attached hydrogens (tertiary/aromatic N) is 1. The zero-order valence-electron chi connectivity index (χ0n) is 11.4. The lowest BCUT2D eigenvalue weighted by Gasteiger charge is -2.16. The van der Waals surface area contributed by atoms with Crippen LogP contribution in [0.2, 0.25) is 5.02 Å². The second-order valence-electron chi connectivity index (χ2n) is 4.65. The molecule has 2 rings (SSSR count). The highest BCUT2D eigenvalue weighted by atomic mass is 35.5. The molecule has 0 aliphatic rings. The van der Waals surface area contributed by atoms with Crippen molar-refractivity contribution in [1.29, 1.82) is 0 Å². The van der Waals surface area contributed by atoms with Gasteiger partial charge in [0.25, 0.3) is 0 Å². The van der Waals surface area contributed by atoms with Crippen molar-refractivity contribution in [3.05, 3.63) is 53.3 Å². The van der Waals surface area contributed by atoms with Crippen LogP contribution in [0.4, 0.5) is 0 Å². The van der Waals surface area contributed by atoms with Crippen LogP contribution in [-0.2, 0) is 0 Å². The first kappa shape index (κ1) is 14.0. The van der Waals surface area contributed by atoms with Crippen molar-refractivity contribution in [2.45, 2.75) is 26.3 Å². The maximum atomic E-state index is 6.40. The Hall–Kier alpha value is -1.38. The molecule has 2 aromatic rings. The Labute approximate surface area is 119 Å². The molecule has 0 fully saturated rings. The first-order valence-electron chi connectivity index (χ1n) is 6.65. The molecule has 100 valence electrons. The number of nitrogens with one attached hydrogen (secondary N) is 1. The number of hydrogen-bond donors (Lipinski definition) is 1. The van der Waals surface area contributed by atoms with Crippen LogP contribution in [0, 0.1) is 0 Å². The minimum Gasteiger partial charge on any atom is -0.310 e. The molecule has 1 aromatic carbocycles. The van der Waals surface area contributed by atoms with Crippen molar-refractivity contribution in [2.75, 3.05) is 6.54 Å². The zero-order valence-corrected chi connectivity index (χ0v) is 12.1. The third-order valence-corrected chi connectivity index (χ3v) is 3.51. The molecule has 0 bridgehead atoms. The fraction of sp³-hybridized carbons (Fsp3) is 0.312. The van der Waals surface area contributed by atoms with E-state index < -0.39 is 0 Å². The fourth-order valence-corrected chi connectivity index (χ4v) is 2.42. The van der Waals surface area contributed by atoms with Crippen LogP contribution in [0.3, 0.4) is 0 Å². The van der Waals surface area contributed by atoms with Crippen molar-refractivity contribution in [3.8, 4) is 11.1 Å². The lowest BCUT2D eigenvalue weighted by Crippen LogP contribution is -2.19. The summed E-state index contributed by atoms with van der Waals surface area (Å²) in [7, 11) is 0. The molecule has 3 heteroatoms. The molecule has 1 aromatic heterocycles. The van der Waals surface area contributed by atoms with Gasteiger partial charge in [-0.3, -0.25) is 4.98 Å². The summed E-state index contributed by atoms with van der Waals surface area (Å²) in [6.45, 7) is 5.31. The quantitative estimate of drug-likeness (QED) is 0.871. The topological polar surface area (TPSA) is 24.9 Å². The lowest BCUT2D eigenvalue weighted by molar-refractivity contribution is 0.571. The Morgan fingerprint density at radius 2 is 1.89 bits per heavy atom. The Kier molecular flexibility index (Phi) is 4.94. The van der Waals surface area contributed by atoms with Crippen LogP contribution in [0.25, 0.3) is 11.1 Å². The van der Waals surface area contributed by atoms with E-state index in [1.165, 1.54) is 0 Å². The molecule has 0 saturated carbocycles. The van der Waals surface area contributed by atoms with Crippen LogP contribution in [0.1, 0.15) is 31.9 Å². The van der Waals surface area contributed by atoms with Gasteiger partial charge in [-0.2, -0.15) is 0 Å². The van der Waals surface area contributed by atoms with E-state index in [1.54, 1.807) is 12.4 Å². The SMILES string of the molecule is CCCNC(C)c1ccc(-c2ccncc2)cc1Cl. The van der Waals surface area contributed by atoms with E-state index in [9.17, 15) is 0 Å². The summed E-state index contributed by atoms with van der Waals surface area (Å²) in [5.74, 6) is 0. The molecule has 1 N–H and O–H groups in total. The van der Waals surface area contributed by atoms with Gasteiger partial charge in [-0.25, -0.2) is 0 Å². The summed E-state index contributed by atoms with van der Waals surface area (Å²) >= 11 is 6.40. The number of rotatable bonds is 5. The van der Waals surface area contributed by atoms with Crippen LogP contribution >= 0.6 is 11.6 Å². The summed E-state index contributed by atoms with van der Waals surface area (Å²) in [5.41, 5.74) is 3.41. The van der Waals surface area contributed by atoms with E-state index in [2.05, 4.69) is 36.3 Å². The van der Waals surface area contributed by atoms with E-state index in [4.69, 9.17) is 11.6 Å². The molecule has 0 saturated heterocycles. The number of halogens is 1. The van der Waals surface area contributed by atoms with E-state index in [1.807, 2.05) is 18.2 Å². The summed E-state index contributed by atoms with van der Waals surface area (Å²) in [6, 6.07) is 10.5. The van der Waals surface area contributed by atoms with Gasteiger partial charge >= 0.3 is 0 Å². The van der Waals surface area contributed by atoms with Crippen molar-refractivity contribution in [3.63, 3.8) is 0 Å². The molecule has 1 heterocycles. The van der Waals surface area contributed by atoms with Gasteiger partial charge in [0.05, 0.1) is 0 Å². The van der Waals surface area contributed by atoms with Crippen molar-refractivity contribution >= 4 is 11.6 Å². The molecule has 19 heavy (non-hydrogen) atoms. The summed E-state index contributed by atoms with van der Waals surface area (Å²) in [5, 5.41) is 4.26. The Morgan fingerprint density at radius 1 is 1.16 bits per heavy atom. The van der Waals surface area contributed by atoms with Gasteiger partial charge in [0.2, 0.25) is 0 Å². The molecule has 0 radical (unpaired) electrons. The van der Waals surface area contributed by atoms with Crippen LogP contribution < -0.4 is 5.32 Å². The van der Waals surface area contributed by atoms with Gasteiger partial charge in [-0.1, -0.05) is 30.7 Å². The molecule has 2 nitrogen and oxygen atoms in total. The number of aromatic nitrogens is 1. The van der Waals surface area contributed by atoms with Crippen molar-refractivity contribution in [1.82, 2.24) is 10.3 Å². The summed E-state index contributed by atoms with van der Waals surface area (Å²) < 4.78 is 0. The molecule has 0 aliphatic carbocycles. The predicted octanol–water partition coefficient (Wildman–Crippen LogP) is 4.46. The van der Waals surface area contributed by atoms with Crippen molar-refractivity contribution in [2.24, 2.45) is 0 Å². The predicted molar refractivity (Wildman–Crippen MR) is 81.4 cm³/mol. The highest BCUT2D eigenvalue weighted by Gasteiger charge is 2.09. The van der Waals surface area contributed by atoms with E-state index in [0.717, 1.165) is 34.7 Å². The maximum absolute atomic E-state index is 6.40. The normalized spacial score (nSPS) is 12.4. The second-order valence-corrected chi connectivity index (χ2v) is 5.06. The number of hydrogen-bond acceptors (Lipinski definition) is 2. The monoisotopic (exact) mass is 274 g/mol. The van der Waals surface area contributed by atoms with Crippen LogP contribution in [0.15, 0.2) is 42.7 Å². The highest BCUT2D eigenvalue weighted by molar-refractivity contribution is 6.31. The standard InChI is InChI=1S/C16H19ClN2/c1-3-8-19-12(2)15-5-4-14(11-16(15)17)13-6-9-18-10-7-13/h4-7,9-12,19H,3,8H2,1-2H3. The first-order chi connectivity index (χ1) is 9.22. The van der Waals surface area contributed by atoms with Gasteiger partial charge in [0, 0.05) is 23.5 Å². The zero-order chi connectivity index (χ0) is 13.7. The van der Waals surface area contributed by atoms with Gasteiger partial charge in [-0.05, 0) is 54.8 Å². The molecule has 1 unspecified atom stereocenters. The second kappa shape index (κ2) is 6.69. The maximum Gasteiger partial charge on any atom is 0.0459 e. The molecular formula is C16H19ClN2. The smallest absolute Gasteiger partial charge is 0.0459 e. The Bertz CT molecular complexity index is 526. The van der Waals surface area contributed by atoms with E-state index in [-0.39, 0.29) is 6.04 Å². The lowest BCUT2D eigenvalue weighted by atomic mass is 10.0. The molecular weight excluding hydrogens is 256 g/mol. The highest BCUT2D eigenvalue weighted by Crippen LogP contribution is 2.28. The molecule has 0 spiro atoms. The number of pyridine rings is 1. The number of benzene rings is 1. The summed E-state index contributed by atoms with van der Waals surface area (Å²) in [4.78, 5) is 4.03. The van der Waals surface area contributed by atoms with Gasteiger partial charge in [-0.15, -0.1) is 0 Å². The molecule has 0 amide bonds. The average Bonchev–Trinajstić information content (AvgIpc) is 2.45. The largest absolute Gasteiger partial charge is 0.310 e. The van der Waals surface area contributed by atoms with Gasteiger partial charge in [0.1, 0.15) is 0 Å². The molecule has 0 aliphatic heterocycles. The van der Waals surface area contributed by atoms with E-state index in [0.29, 0.717) is 0 Å². The van der Waals surface area contributed by atoms with Crippen LogP contribution in [-0.4, -0.2) is 11.5 Å². The minimum absolute atomic E-state index is 0.277. The van der Waals surface area contributed by atoms with E-state index >= 15 is 0 Å². The summed E-state index contributed by atoms with van der Waals surface area (Å²) in [6.07, 6.45) is 4.71. The van der Waals surface area contributed by atoms with Gasteiger partial charge < -0.3 is 5.32 Å². The van der Waals surface area contributed by atoms with Crippen molar-refractivity contribution < 1.29 is 0 Å². The molecule has 1 atom stereocenters.